The van der Waals surface area contributed by atoms with Gasteiger partial charge in [-0.2, -0.15) is 4.89 Å². The summed E-state index contributed by atoms with van der Waals surface area (Å²) < 4.78 is 5.00. The maximum atomic E-state index is 5.20. The summed E-state index contributed by atoms with van der Waals surface area (Å²) in [6.45, 7) is 3.39. The lowest BCUT2D eigenvalue weighted by molar-refractivity contribution is -0.209. The van der Waals surface area contributed by atoms with Crippen LogP contribution in [0.2, 0.25) is 0 Å². The molecule has 1 aromatic carbocycles. The molecule has 0 bridgehead atoms. The summed E-state index contributed by atoms with van der Waals surface area (Å²) in [5.41, 5.74) is 1.16. The highest BCUT2D eigenvalue weighted by molar-refractivity contribution is 5.32. The molecule has 0 amide bonds. The van der Waals surface area contributed by atoms with E-state index in [1.54, 1.807) is 0 Å². The Balaban J connectivity index is 1.86. The fourth-order valence-electron chi connectivity index (χ4n) is 1.21. The summed E-state index contributed by atoms with van der Waals surface area (Å²) in [4.78, 5) is 10.3. The lowest BCUT2D eigenvalue weighted by Gasteiger charge is -2.07. The van der Waals surface area contributed by atoms with Gasteiger partial charge in [-0.25, -0.2) is 0 Å². The third kappa shape index (κ3) is 2.47. The summed E-state index contributed by atoms with van der Waals surface area (Å²) in [6.07, 6.45) is 1.18. The molecule has 1 unspecified atom stereocenters. The van der Waals surface area contributed by atoms with Gasteiger partial charge in [0.1, 0.15) is 12.7 Å². The highest BCUT2D eigenvalue weighted by Crippen LogP contribution is 2.19. The lowest BCUT2D eigenvalue weighted by Crippen LogP contribution is -2.05. The van der Waals surface area contributed by atoms with E-state index in [1.165, 1.54) is 0 Å². The van der Waals surface area contributed by atoms with Gasteiger partial charge >= 0.3 is 0 Å². The third-order valence-corrected chi connectivity index (χ3v) is 2.16. The Bertz CT molecular complexity index is 294. The minimum Gasteiger partial charge on any atom is -0.370 e. The van der Waals surface area contributed by atoms with E-state index in [-0.39, 0.29) is 6.10 Å². The Hall–Kier alpha value is -1.06. The Labute approximate surface area is 83.5 Å². The highest BCUT2D eigenvalue weighted by Gasteiger charge is 2.23. The number of rotatable bonds is 5. The van der Waals surface area contributed by atoms with Gasteiger partial charge in [0, 0.05) is 0 Å². The van der Waals surface area contributed by atoms with E-state index in [0.717, 1.165) is 24.3 Å². The van der Waals surface area contributed by atoms with Crippen molar-refractivity contribution in [3.63, 3.8) is 0 Å². The maximum absolute atomic E-state index is 5.20. The van der Waals surface area contributed by atoms with Crippen molar-refractivity contribution < 1.29 is 14.5 Å². The molecule has 3 heteroatoms. The van der Waals surface area contributed by atoms with Gasteiger partial charge in [-0.05, 0) is 18.1 Å². The molecule has 1 aliphatic rings. The van der Waals surface area contributed by atoms with Crippen LogP contribution in [0.25, 0.3) is 0 Å². The van der Waals surface area contributed by atoms with E-state index in [1.807, 2.05) is 24.3 Å². The van der Waals surface area contributed by atoms with Crippen LogP contribution in [0, 0.1) is 0 Å². The molecule has 0 aliphatic carbocycles. The molecular weight excluding hydrogens is 180 g/mol. The standard InChI is InChI=1S/C11H14O3/c1-2-9-5-3-4-6-11(9)14-13-8-10-7-12-10/h3-6,10H,2,7-8H2,1H3. The minimum atomic E-state index is 0.240. The van der Waals surface area contributed by atoms with Crippen molar-refractivity contribution in [2.45, 2.75) is 19.4 Å². The number of benzene rings is 1. The van der Waals surface area contributed by atoms with Crippen LogP contribution in [0.4, 0.5) is 0 Å². The van der Waals surface area contributed by atoms with Crippen molar-refractivity contribution >= 4 is 0 Å². The van der Waals surface area contributed by atoms with Crippen LogP contribution in [0.15, 0.2) is 24.3 Å². The summed E-state index contributed by atoms with van der Waals surface area (Å²) >= 11 is 0. The van der Waals surface area contributed by atoms with Gasteiger partial charge < -0.3 is 9.62 Å². The van der Waals surface area contributed by atoms with E-state index in [4.69, 9.17) is 14.5 Å². The van der Waals surface area contributed by atoms with Gasteiger partial charge in [-0.15, -0.1) is 0 Å². The van der Waals surface area contributed by atoms with Crippen LogP contribution in [-0.2, 0) is 16.0 Å². The second kappa shape index (κ2) is 4.44. The molecule has 1 fully saturated rings. The van der Waals surface area contributed by atoms with Gasteiger partial charge in [0.15, 0.2) is 5.75 Å². The largest absolute Gasteiger partial charge is 0.370 e. The van der Waals surface area contributed by atoms with Crippen molar-refractivity contribution in [3.05, 3.63) is 29.8 Å². The van der Waals surface area contributed by atoms with Crippen LogP contribution in [0.1, 0.15) is 12.5 Å². The van der Waals surface area contributed by atoms with Crippen LogP contribution in [0.5, 0.6) is 5.75 Å². The molecule has 1 aliphatic heterocycles. The predicted octanol–water partition coefficient (Wildman–Crippen LogP) is 1.96. The Morgan fingerprint density at radius 1 is 1.43 bits per heavy atom. The first-order valence-electron chi connectivity index (χ1n) is 4.89. The highest BCUT2D eigenvalue weighted by atomic mass is 17.2. The normalized spacial score (nSPS) is 19.4. The van der Waals surface area contributed by atoms with Crippen molar-refractivity contribution in [2.24, 2.45) is 0 Å². The van der Waals surface area contributed by atoms with Gasteiger partial charge in [-0.1, -0.05) is 25.1 Å². The van der Waals surface area contributed by atoms with Crippen molar-refractivity contribution in [3.8, 4) is 5.75 Å². The number of epoxide rings is 1. The van der Waals surface area contributed by atoms with Gasteiger partial charge in [0.25, 0.3) is 0 Å². The van der Waals surface area contributed by atoms with Crippen molar-refractivity contribution in [1.82, 2.24) is 0 Å². The first-order chi connectivity index (χ1) is 6.90. The molecule has 3 nitrogen and oxygen atoms in total. The SMILES string of the molecule is CCc1ccccc1OOCC1CO1. The quantitative estimate of drug-likeness (QED) is 0.408. The molecular formula is C11H14O3. The fourth-order valence-corrected chi connectivity index (χ4v) is 1.21. The lowest BCUT2D eigenvalue weighted by atomic mass is 10.1. The summed E-state index contributed by atoms with van der Waals surface area (Å²) in [5, 5.41) is 0. The fraction of sp³-hybridized carbons (Fsp3) is 0.455. The van der Waals surface area contributed by atoms with Crippen LogP contribution in [-0.4, -0.2) is 19.3 Å². The topological polar surface area (TPSA) is 31.0 Å². The van der Waals surface area contributed by atoms with Crippen LogP contribution in [0.3, 0.4) is 0 Å². The number of hydrogen-bond acceptors (Lipinski definition) is 3. The molecule has 0 radical (unpaired) electrons. The molecule has 76 valence electrons. The molecule has 1 saturated heterocycles. The number of para-hydroxylation sites is 1. The van der Waals surface area contributed by atoms with Gasteiger partial charge in [-0.3, -0.25) is 0 Å². The molecule has 0 saturated carbocycles. The van der Waals surface area contributed by atoms with E-state index in [0.29, 0.717) is 6.61 Å². The summed E-state index contributed by atoms with van der Waals surface area (Å²) in [6, 6.07) is 7.88. The van der Waals surface area contributed by atoms with Crippen LogP contribution >= 0.6 is 0 Å². The van der Waals surface area contributed by atoms with E-state index in [2.05, 4.69) is 6.92 Å². The summed E-state index contributed by atoms with van der Waals surface area (Å²) in [7, 11) is 0. The minimum absolute atomic E-state index is 0.240. The third-order valence-electron chi connectivity index (χ3n) is 2.16. The van der Waals surface area contributed by atoms with Crippen LogP contribution < -0.4 is 4.89 Å². The maximum Gasteiger partial charge on any atom is 0.168 e. The van der Waals surface area contributed by atoms with E-state index >= 15 is 0 Å². The Morgan fingerprint density at radius 2 is 2.21 bits per heavy atom. The zero-order valence-corrected chi connectivity index (χ0v) is 8.23. The zero-order valence-electron chi connectivity index (χ0n) is 8.23. The summed E-state index contributed by atoms with van der Waals surface area (Å²) in [5.74, 6) is 0.802. The molecule has 14 heavy (non-hydrogen) atoms. The first-order valence-corrected chi connectivity index (χ1v) is 4.89. The Kier molecular flexibility index (Phi) is 3.01. The first kappa shape index (κ1) is 9.49. The van der Waals surface area contributed by atoms with Gasteiger partial charge in [0.05, 0.1) is 6.61 Å². The van der Waals surface area contributed by atoms with Crippen molar-refractivity contribution in [1.29, 1.82) is 0 Å². The van der Waals surface area contributed by atoms with Crippen molar-refractivity contribution in [2.75, 3.05) is 13.2 Å². The number of aryl methyl sites for hydroxylation is 1. The molecule has 2 rings (SSSR count). The molecule has 0 spiro atoms. The second-order valence-corrected chi connectivity index (χ2v) is 3.28. The van der Waals surface area contributed by atoms with E-state index < -0.39 is 0 Å². The smallest absolute Gasteiger partial charge is 0.168 e. The Morgan fingerprint density at radius 3 is 2.93 bits per heavy atom. The zero-order chi connectivity index (χ0) is 9.80. The molecule has 0 aromatic heterocycles. The monoisotopic (exact) mass is 194 g/mol. The molecule has 1 aromatic rings. The number of hydrogen-bond donors (Lipinski definition) is 0. The molecule has 1 atom stereocenters. The van der Waals surface area contributed by atoms with E-state index in [9.17, 15) is 0 Å². The predicted molar refractivity (Wildman–Crippen MR) is 52.1 cm³/mol. The second-order valence-electron chi connectivity index (χ2n) is 3.28. The average molecular weight is 194 g/mol. The number of ether oxygens (including phenoxy) is 1. The molecule has 0 N–H and O–H groups in total. The average Bonchev–Trinajstić information content (AvgIpc) is 3.03. The molecule has 1 heterocycles. The van der Waals surface area contributed by atoms with Gasteiger partial charge in [0.2, 0.25) is 0 Å².